The molecule has 1 heterocycles. The maximum Gasteiger partial charge on any atom is 0.128 e. The van der Waals surface area contributed by atoms with Crippen molar-refractivity contribution in [1.29, 1.82) is 0 Å². The zero-order valence-electron chi connectivity index (χ0n) is 11.7. The van der Waals surface area contributed by atoms with Gasteiger partial charge in [-0.05, 0) is 25.1 Å². The second kappa shape index (κ2) is 7.16. The number of rotatable bonds is 6. The second-order valence-electron chi connectivity index (χ2n) is 4.49. The monoisotopic (exact) mass is 312 g/mol. The van der Waals surface area contributed by atoms with Gasteiger partial charge in [-0.25, -0.2) is 9.37 Å². The molecule has 0 saturated carbocycles. The molecule has 0 amide bonds. The number of halogens is 2. The number of aromatic nitrogens is 1. The number of benzene rings is 1. The van der Waals surface area contributed by atoms with E-state index in [1.165, 1.54) is 10.9 Å². The van der Waals surface area contributed by atoms with Crippen LogP contribution in [0.3, 0.4) is 0 Å². The predicted molar refractivity (Wildman–Crippen MR) is 83.1 cm³/mol. The largest absolute Gasteiger partial charge is 0.312 e. The molecule has 0 unspecified atom stereocenters. The van der Waals surface area contributed by atoms with E-state index in [4.69, 9.17) is 11.6 Å². The van der Waals surface area contributed by atoms with E-state index in [1.54, 1.807) is 23.5 Å². The summed E-state index contributed by atoms with van der Waals surface area (Å²) in [5.41, 5.74) is 1.62. The molecule has 0 radical (unpaired) electrons. The summed E-state index contributed by atoms with van der Waals surface area (Å²) in [6.45, 7) is 5.91. The fourth-order valence-electron chi connectivity index (χ4n) is 2.02. The molecule has 0 bridgehead atoms. The molecular formula is C15H18ClFN2S. The minimum Gasteiger partial charge on any atom is -0.312 e. The number of nitrogens with zero attached hydrogens (tertiary/aromatic N) is 1. The van der Waals surface area contributed by atoms with E-state index in [0.29, 0.717) is 17.0 Å². The van der Waals surface area contributed by atoms with Crippen LogP contribution in [0.25, 0.3) is 0 Å². The van der Waals surface area contributed by atoms with Gasteiger partial charge >= 0.3 is 0 Å². The van der Waals surface area contributed by atoms with Gasteiger partial charge in [0.25, 0.3) is 0 Å². The summed E-state index contributed by atoms with van der Waals surface area (Å²) in [6.07, 6.45) is 1.34. The Morgan fingerprint density at radius 2 is 2.15 bits per heavy atom. The summed E-state index contributed by atoms with van der Waals surface area (Å²) in [7, 11) is 0. The molecule has 0 spiro atoms. The summed E-state index contributed by atoms with van der Waals surface area (Å²) in [5, 5.41) is 4.69. The Morgan fingerprint density at radius 1 is 1.35 bits per heavy atom. The number of aryl methyl sites for hydroxylation is 1. The Morgan fingerprint density at radius 3 is 2.80 bits per heavy atom. The first kappa shape index (κ1) is 15.4. The van der Waals surface area contributed by atoms with E-state index in [-0.39, 0.29) is 5.82 Å². The lowest BCUT2D eigenvalue weighted by Gasteiger charge is -2.03. The molecule has 0 atom stereocenters. The molecule has 1 aromatic heterocycles. The van der Waals surface area contributed by atoms with Gasteiger partial charge in [0.1, 0.15) is 5.82 Å². The molecule has 0 aliphatic rings. The first-order valence-electron chi connectivity index (χ1n) is 6.76. The summed E-state index contributed by atoms with van der Waals surface area (Å²) >= 11 is 7.71. The SMILES string of the molecule is CCNCc1sc(Cc2c(F)cccc2Cl)nc1CC. The van der Waals surface area contributed by atoms with Crippen molar-refractivity contribution < 1.29 is 4.39 Å². The third-order valence-corrected chi connectivity index (χ3v) is 4.53. The van der Waals surface area contributed by atoms with Crippen LogP contribution in [-0.2, 0) is 19.4 Å². The van der Waals surface area contributed by atoms with Crippen LogP contribution in [0.15, 0.2) is 18.2 Å². The molecule has 1 N–H and O–H groups in total. The van der Waals surface area contributed by atoms with Crippen molar-refractivity contribution in [3.63, 3.8) is 0 Å². The maximum atomic E-state index is 13.8. The third kappa shape index (κ3) is 3.57. The van der Waals surface area contributed by atoms with E-state index in [0.717, 1.165) is 30.2 Å². The average Bonchev–Trinajstić information content (AvgIpc) is 2.83. The Kier molecular flexibility index (Phi) is 5.52. The van der Waals surface area contributed by atoms with E-state index in [1.807, 2.05) is 0 Å². The molecule has 0 aliphatic heterocycles. The third-order valence-electron chi connectivity index (χ3n) is 3.08. The van der Waals surface area contributed by atoms with Crippen molar-refractivity contribution in [2.24, 2.45) is 0 Å². The highest BCUT2D eigenvalue weighted by atomic mass is 35.5. The highest BCUT2D eigenvalue weighted by Gasteiger charge is 2.13. The highest BCUT2D eigenvalue weighted by Crippen LogP contribution is 2.26. The van der Waals surface area contributed by atoms with Gasteiger partial charge < -0.3 is 5.32 Å². The van der Waals surface area contributed by atoms with Gasteiger partial charge in [-0.1, -0.05) is 31.5 Å². The van der Waals surface area contributed by atoms with Crippen molar-refractivity contribution >= 4 is 22.9 Å². The van der Waals surface area contributed by atoms with Gasteiger partial charge in [0.2, 0.25) is 0 Å². The Hall–Kier alpha value is -0.970. The molecule has 2 nitrogen and oxygen atoms in total. The molecule has 5 heteroatoms. The minimum atomic E-state index is -0.265. The topological polar surface area (TPSA) is 24.9 Å². The van der Waals surface area contributed by atoms with E-state index < -0.39 is 0 Å². The van der Waals surface area contributed by atoms with E-state index in [9.17, 15) is 4.39 Å². The second-order valence-corrected chi connectivity index (χ2v) is 6.06. The highest BCUT2D eigenvalue weighted by molar-refractivity contribution is 7.11. The molecule has 1 aromatic carbocycles. The lowest BCUT2D eigenvalue weighted by molar-refractivity contribution is 0.614. The molecule has 20 heavy (non-hydrogen) atoms. The van der Waals surface area contributed by atoms with Crippen LogP contribution in [0.2, 0.25) is 5.02 Å². The molecule has 0 aliphatic carbocycles. The van der Waals surface area contributed by atoms with Crippen molar-refractivity contribution in [2.75, 3.05) is 6.54 Å². The Balaban J connectivity index is 2.23. The lowest BCUT2D eigenvalue weighted by Crippen LogP contribution is -2.11. The van der Waals surface area contributed by atoms with Gasteiger partial charge in [0.15, 0.2) is 0 Å². The number of thiazole rings is 1. The summed E-state index contributed by atoms with van der Waals surface area (Å²) in [4.78, 5) is 5.85. The van der Waals surface area contributed by atoms with Crippen LogP contribution in [0.4, 0.5) is 4.39 Å². The molecule has 108 valence electrons. The summed E-state index contributed by atoms with van der Waals surface area (Å²) in [5.74, 6) is -0.265. The number of hydrogen-bond acceptors (Lipinski definition) is 3. The van der Waals surface area contributed by atoms with Crippen LogP contribution in [0.1, 0.15) is 35.0 Å². The fourth-order valence-corrected chi connectivity index (χ4v) is 3.39. The van der Waals surface area contributed by atoms with Crippen LogP contribution >= 0.6 is 22.9 Å². The van der Waals surface area contributed by atoms with E-state index >= 15 is 0 Å². The van der Waals surface area contributed by atoms with Crippen molar-refractivity contribution in [3.05, 3.63) is 50.2 Å². The standard InChI is InChI=1S/C15H18ClFN2S/c1-3-13-14(9-18-4-2)20-15(19-13)8-10-11(16)6-5-7-12(10)17/h5-7,18H,3-4,8-9H2,1-2H3. The first-order chi connectivity index (χ1) is 9.65. The Bertz CT molecular complexity index is 563. The van der Waals surface area contributed by atoms with Crippen LogP contribution in [0.5, 0.6) is 0 Å². The predicted octanol–water partition coefficient (Wildman–Crippen LogP) is 4.20. The van der Waals surface area contributed by atoms with Crippen molar-refractivity contribution in [3.8, 4) is 0 Å². The van der Waals surface area contributed by atoms with Gasteiger partial charge in [-0.2, -0.15) is 0 Å². The fraction of sp³-hybridized carbons (Fsp3) is 0.400. The van der Waals surface area contributed by atoms with Crippen LogP contribution in [-0.4, -0.2) is 11.5 Å². The lowest BCUT2D eigenvalue weighted by atomic mass is 10.1. The van der Waals surface area contributed by atoms with E-state index in [2.05, 4.69) is 24.1 Å². The smallest absolute Gasteiger partial charge is 0.128 e. The average molecular weight is 313 g/mol. The number of nitrogens with one attached hydrogen (secondary N) is 1. The van der Waals surface area contributed by atoms with Crippen molar-refractivity contribution in [2.45, 2.75) is 33.2 Å². The summed E-state index contributed by atoms with van der Waals surface area (Å²) < 4.78 is 13.8. The zero-order chi connectivity index (χ0) is 14.5. The first-order valence-corrected chi connectivity index (χ1v) is 7.96. The van der Waals surface area contributed by atoms with Gasteiger partial charge in [-0.15, -0.1) is 11.3 Å². The van der Waals surface area contributed by atoms with Gasteiger partial charge in [0.05, 0.1) is 10.7 Å². The molecule has 2 aromatic rings. The quantitative estimate of drug-likeness (QED) is 0.864. The minimum absolute atomic E-state index is 0.265. The van der Waals surface area contributed by atoms with Crippen molar-refractivity contribution in [1.82, 2.24) is 10.3 Å². The normalized spacial score (nSPS) is 11.0. The zero-order valence-corrected chi connectivity index (χ0v) is 13.2. The molecule has 0 saturated heterocycles. The summed E-state index contributed by atoms with van der Waals surface area (Å²) in [6, 6.07) is 4.78. The molecule has 2 rings (SSSR count). The van der Waals surface area contributed by atoms with Gasteiger partial charge in [0, 0.05) is 28.4 Å². The number of hydrogen-bond donors (Lipinski definition) is 1. The molecule has 0 fully saturated rings. The molecular weight excluding hydrogens is 295 g/mol. The van der Waals surface area contributed by atoms with Gasteiger partial charge in [-0.3, -0.25) is 0 Å². The van der Waals surface area contributed by atoms with Crippen LogP contribution < -0.4 is 5.32 Å². The van der Waals surface area contributed by atoms with Crippen LogP contribution in [0, 0.1) is 5.82 Å². The maximum absolute atomic E-state index is 13.8. The Labute approximate surface area is 128 Å².